The molecule has 0 radical (unpaired) electrons. The van der Waals surface area contributed by atoms with E-state index in [2.05, 4.69) is 25.9 Å². The number of nitrogens with zero attached hydrogens (tertiary/aromatic N) is 2. The number of benzene rings is 1. The standard InChI is InChI=1S/C23H27N3O5/c1-4-5-15-10-17(26-31-15)18(27)9-14-6-7-19-16(8-14)23(13-29-20(24)25-23)22(11-28-12-22)21(2,3)30-19/h6-8,10H,4-5,9,11-13H2,1-3H3,(H2,24,25). The van der Waals surface area contributed by atoms with Gasteiger partial charge in [-0.25, -0.2) is 4.99 Å². The number of aliphatic imine (C=N–C) groups is 1. The summed E-state index contributed by atoms with van der Waals surface area (Å²) in [4.78, 5) is 17.6. The molecule has 1 aromatic carbocycles. The van der Waals surface area contributed by atoms with Crippen LogP contribution in [0.5, 0.6) is 5.75 Å². The van der Waals surface area contributed by atoms with E-state index in [0.717, 1.165) is 35.5 Å². The van der Waals surface area contributed by atoms with Crippen LogP contribution in [0.3, 0.4) is 0 Å². The Balaban J connectivity index is 1.52. The molecule has 1 saturated heterocycles. The van der Waals surface area contributed by atoms with Crippen molar-refractivity contribution in [1.82, 2.24) is 5.16 Å². The van der Waals surface area contributed by atoms with Crippen LogP contribution >= 0.6 is 0 Å². The summed E-state index contributed by atoms with van der Waals surface area (Å²) in [6, 6.07) is 7.70. The van der Waals surface area contributed by atoms with Crippen molar-refractivity contribution in [2.24, 2.45) is 16.1 Å². The Morgan fingerprint density at radius 1 is 1.19 bits per heavy atom. The first kappa shape index (κ1) is 20.1. The van der Waals surface area contributed by atoms with Crippen LogP contribution in [0.2, 0.25) is 0 Å². The molecule has 2 N–H and O–H groups in total. The van der Waals surface area contributed by atoms with Crippen LogP contribution in [0.4, 0.5) is 0 Å². The third-order valence-electron chi connectivity index (χ3n) is 6.93. The molecule has 3 aliphatic rings. The number of amidine groups is 1. The minimum absolute atomic E-state index is 0.0930. The van der Waals surface area contributed by atoms with E-state index in [0.29, 0.717) is 25.5 Å². The smallest absolute Gasteiger partial charge is 0.283 e. The van der Waals surface area contributed by atoms with E-state index in [1.165, 1.54) is 0 Å². The second-order valence-electron chi connectivity index (χ2n) is 9.15. The number of carbonyl (C=O) groups is 1. The summed E-state index contributed by atoms with van der Waals surface area (Å²) in [7, 11) is 0. The normalized spacial score (nSPS) is 24.8. The largest absolute Gasteiger partial charge is 0.487 e. The lowest BCUT2D eigenvalue weighted by Gasteiger charge is -2.61. The van der Waals surface area contributed by atoms with Crippen molar-refractivity contribution in [3.63, 3.8) is 0 Å². The summed E-state index contributed by atoms with van der Waals surface area (Å²) >= 11 is 0. The van der Waals surface area contributed by atoms with Crippen LogP contribution in [0, 0.1) is 5.41 Å². The van der Waals surface area contributed by atoms with Gasteiger partial charge >= 0.3 is 0 Å². The average Bonchev–Trinajstić information content (AvgIpc) is 3.29. The van der Waals surface area contributed by atoms with Gasteiger partial charge in [0.15, 0.2) is 5.78 Å². The molecule has 5 rings (SSSR count). The molecule has 0 saturated carbocycles. The fourth-order valence-electron chi connectivity index (χ4n) is 5.02. The highest BCUT2D eigenvalue weighted by molar-refractivity contribution is 5.95. The highest BCUT2D eigenvalue weighted by atomic mass is 16.5. The molecule has 0 amide bonds. The van der Waals surface area contributed by atoms with E-state index >= 15 is 0 Å². The number of ether oxygens (including phenoxy) is 3. The number of hydrogen-bond donors (Lipinski definition) is 1. The van der Waals surface area contributed by atoms with Crippen molar-refractivity contribution in [1.29, 1.82) is 0 Å². The molecule has 31 heavy (non-hydrogen) atoms. The molecule has 3 aliphatic heterocycles. The van der Waals surface area contributed by atoms with Crippen molar-refractivity contribution < 1.29 is 23.5 Å². The van der Waals surface area contributed by atoms with E-state index in [9.17, 15) is 4.79 Å². The Hall–Kier alpha value is -2.87. The fraction of sp³-hybridized carbons (Fsp3) is 0.522. The topological polar surface area (TPSA) is 109 Å². The Morgan fingerprint density at radius 3 is 2.65 bits per heavy atom. The van der Waals surface area contributed by atoms with E-state index in [1.54, 1.807) is 6.07 Å². The van der Waals surface area contributed by atoms with Gasteiger partial charge in [0.1, 0.15) is 35.0 Å². The summed E-state index contributed by atoms with van der Waals surface area (Å²) in [5.74, 6) is 1.36. The number of hydrogen-bond acceptors (Lipinski definition) is 8. The van der Waals surface area contributed by atoms with Gasteiger partial charge in [-0.05, 0) is 38.0 Å². The van der Waals surface area contributed by atoms with Gasteiger partial charge in [0, 0.05) is 24.5 Å². The number of nitrogens with two attached hydrogens (primary N) is 1. The molecule has 8 heteroatoms. The summed E-state index contributed by atoms with van der Waals surface area (Å²) in [6.07, 6.45) is 1.90. The summed E-state index contributed by atoms with van der Waals surface area (Å²) in [5, 5.41) is 3.94. The Labute approximate surface area is 180 Å². The maximum atomic E-state index is 12.8. The van der Waals surface area contributed by atoms with Gasteiger partial charge in [-0.3, -0.25) is 4.79 Å². The first-order valence-electron chi connectivity index (χ1n) is 10.7. The second kappa shape index (κ2) is 6.82. The van der Waals surface area contributed by atoms with Gasteiger partial charge in [0.25, 0.3) is 6.02 Å². The Kier molecular flexibility index (Phi) is 4.41. The van der Waals surface area contributed by atoms with Crippen molar-refractivity contribution >= 4 is 11.8 Å². The zero-order valence-corrected chi connectivity index (χ0v) is 18.1. The highest BCUT2D eigenvalue weighted by Crippen LogP contribution is 2.62. The van der Waals surface area contributed by atoms with E-state index < -0.39 is 16.6 Å². The summed E-state index contributed by atoms with van der Waals surface area (Å²) < 4.78 is 23.0. The fourth-order valence-corrected chi connectivity index (χ4v) is 5.02. The van der Waals surface area contributed by atoms with Gasteiger partial charge in [0.05, 0.1) is 18.6 Å². The van der Waals surface area contributed by atoms with Crippen LogP contribution in [-0.4, -0.2) is 42.4 Å². The van der Waals surface area contributed by atoms with E-state index in [4.69, 9.17) is 29.5 Å². The van der Waals surface area contributed by atoms with Crippen LogP contribution in [0.25, 0.3) is 0 Å². The number of fused-ring (bicyclic) bond motifs is 3. The molecule has 0 bridgehead atoms. The van der Waals surface area contributed by atoms with Crippen molar-refractivity contribution in [3.8, 4) is 5.75 Å². The molecule has 1 aromatic heterocycles. The van der Waals surface area contributed by atoms with Gasteiger partial charge in [-0.2, -0.15) is 0 Å². The Morgan fingerprint density at radius 2 is 2.00 bits per heavy atom. The van der Waals surface area contributed by atoms with Crippen molar-refractivity contribution in [2.75, 3.05) is 19.8 Å². The molecular weight excluding hydrogens is 398 g/mol. The average molecular weight is 425 g/mol. The molecule has 2 spiro atoms. The number of aromatic nitrogens is 1. The number of ketones is 1. The summed E-state index contributed by atoms with van der Waals surface area (Å²) in [5.41, 5.74) is 6.42. The molecule has 2 aromatic rings. The molecule has 0 aliphatic carbocycles. The number of aryl methyl sites for hydroxylation is 1. The van der Waals surface area contributed by atoms with E-state index in [1.807, 2.05) is 18.2 Å². The van der Waals surface area contributed by atoms with Gasteiger partial charge < -0.3 is 24.5 Å². The van der Waals surface area contributed by atoms with Gasteiger partial charge in [-0.15, -0.1) is 0 Å². The lowest BCUT2D eigenvalue weighted by atomic mass is 9.55. The van der Waals surface area contributed by atoms with Crippen LogP contribution in [0.1, 0.15) is 54.6 Å². The number of carbonyl (C=O) groups excluding carboxylic acids is 1. The first-order chi connectivity index (χ1) is 14.8. The van der Waals surface area contributed by atoms with Crippen LogP contribution in [0.15, 0.2) is 33.8 Å². The predicted molar refractivity (Wildman–Crippen MR) is 112 cm³/mol. The number of rotatable bonds is 5. The monoisotopic (exact) mass is 425 g/mol. The minimum Gasteiger partial charge on any atom is -0.487 e. The lowest BCUT2D eigenvalue weighted by molar-refractivity contribution is -0.247. The SMILES string of the molecule is CCCc1cc(C(=O)Cc2ccc3c(c2)C2(COC(N)=N2)C2(COC2)C(C)(C)O3)no1. The quantitative estimate of drug-likeness (QED) is 0.734. The first-order valence-corrected chi connectivity index (χ1v) is 10.7. The highest BCUT2D eigenvalue weighted by Gasteiger charge is 2.71. The molecular formula is C23H27N3O5. The Bertz CT molecular complexity index is 1070. The molecule has 8 nitrogen and oxygen atoms in total. The summed E-state index contributed by atoms with van der Waals surface area (Å²) in [6.45, 7) is 7.49. The predicted octanol–water partition coefficient (Wildman–Crippen LogP) is 2.78. The third-order valence-corrected chi connectivity index (χ3v) is 6.93. The molecule has 1 fully saturated rings. The molecule has 4 heterocycles. The van der Waals surface area contributed by atoms with Crippen molar-refractivity contribution in [2.45, 2.75) is 51.2 Å². The number of Topliss-reactive ketones (excluding diaryl/α,β-unsaturated/α-hetero) is 1. The maximum Gasteiger partial charge on any atom is 0.283 e. The maximum absolute atomic E-state index is 12.8. The molecule has 1 atom stereocenters. The zero-order valence-electron chi connectivity index (χ0n) is 18.1. The zero-order chi connectivity index (χ0) is 21.9. The molecule has 164 valence electrons. The van der Waals surface area contributed by atoms with Crippen LogP contribution in [-0.2, 0) is 27.9 Å². The molecule has 1 unspecified atom stereocenters. The van der Waals surface area contributed by atoms with Gasteiger partial charge in [0.2, 0.25) is 0 Å². The second-order valence-corrected chi connectivity index (χ2v) is 9.15. The third kappa shape index (κ3) is 2.81. The minimum atomic E-state index is -0.715. The van der Waals surface area contributed by atoms with Gasteiger partial charge in [-0.1, -0.05) is 18.1 Å². The van der Waals surface area contributed by atoms with Crippen LogP contribution < -0.4 is 10.5 Å². The lowest BCUT2D eigenvalue weighted by Crippen LogP contribution is -2.71. The van der Waals surface area contributed by atoms with E-state index in [-0.39, 0.29) is 18.2 Å². The van der Waals surface area contributed by atoms with Crippen molar-refractivity contribution in [3.05, 3.63) is 46.8 Å².